The van der Waals surface area contributed by atoms with Gasteiger partial charge in [-0.1, -0.05) is 17.7 Å². The number of pyridine rings is 1. The van der Waals surface area contributed by atoms with E-state index in [1.165, 1.54) is 0 Å². The summed E-state index contributed by atoms with van der Waals surface area (Å²) in [4.78, 5) is 2.33. The first-order valence-corrected chi connectivity index (χ1v) is 12.6. The maximum absolute atomic E-state index is 13.2. The zero-order chi connectivity index (χ0) is 23.4. The molecule has 1 fully saturated rings. The van der Waals surface area contributed by atoms with E-state index in [0.29, 0.717) is 29.5 Å². The number of fused-ring (bicyclic) bond motifs is 1. The lowest BCUT2D eigenvalue weighted by Gasteiger charge is -2.36. The van der Waals surface area contributed by atoms with E-state index in [-0.39, 0.29) is 12.7 Å². The molecule has 0 saturated carbocycles. The molecule has 33 heavy (non-hydrogen) atoms. The zero-order valence-electron chi connectivity index (χ0n) is 19.1. The standard InChI is InChI=1S/C24H29ClFN3O3S/c1-30-20-14-16(25)15-21(31-2)22(20)18-6-4-7-19-23(24(33-3)27-29(18)19)28(11-5-10-26)17-8-12-32-13-9-17/h4,6-7,14-15,17H,5,8-13H2,1-3H3. The van der Waals surface area contributed by atoms with Crippen molar-refractivity contribution in [2.24, 2.45) is 0 Å². The van der Waals surface area contributed by atoms with Crippen LogP contribution in [0.4, 0.5) is 10.1 Å². The number of ether oxygens (including phenoxy) is 3. The molecule has 4 rings (SSSR count). The lowest BCUT2D eigenvalue weighted by atomic mass is 10.1. The third kappa shape index (κ3) is 4.74. The molecule has 0 radical (unpaired) electrons. The van der Waals surface area contributed by atoms with Crippen LogP contribution in [-0.2, 0) is 4.74 Å². The average molecular weight is 494 g/mol. The van der Waals surface area contributed by atoms with Gasteiger partial charge in [-0.3, -0.25) is 4.39 Å². The average Bonchev–Trinajstić information content (AvgIpc) is 3.23. The van der Waals surface area contributed by atoms with Gasteiger partial charge in [0.1, 0.15) is 16.5 Å². The maximum atomic E-state index is 13.2. The maximum Gasteiger partial charge on any atom is 0.142 e. The molecule has 0 N–H and O–H groups in total. The molecule has 1 aromatic carbocycles. The van der Waals surface area contributed by atoms with Crippen LogP contribution in [-0.4, -0.2) is 62.6 Å². The molecule has 1 saturated heterocycles. The number of hydrogen-bond donors (Lipinski definition) is 0. The van der Waals surface area contributed by atoms with Crippen molar-refractivity contribution < 1.29 is 18.6 Å². The summed E-state index contributed by atoms with van der Waals surface area (Å²) < 4.78 is 32.1. The SMILES string of the molecule is COc1cc(Cl)cc(OC)c1-c1cccc2c(N(CCCF)C3CCOCC3)c(SC)nn12. The number of methoxy groups -OCH3 is 2. The van der Waals surface area contributed by atoms with Crippen LogP contribution in [0.5, 0.6) is 11.5 Å². The number of hydrogen-bond acceptors (Lipinski definition) is 6. The summed E-state index contributed by atoms with van der Waals surface area (Å²) in [7, 11) is 3.22. The molecule has 2 aromatic heterocycles. The molecule has 0 amide bonds. The van der Waals surface area contributed by atoms with E-state index in [4.69, 9.17) is 30.9 Å². The van der Waals surface area contributed by atoms with Gasteiger partial charge in [-0.25, -0.2) is 4.52 Å². The van der Waals surface area contributed by atoms with Crippen LogP contribution < -0.4 is 14.4 Å². The molecule has 0 spiro atoms. The van der Waals surface area contributed by atoms with Crippen molar-refractivity contribution in [2.75, 3.05) is 51.8 Å². The quantitative estimate of drug-likeness (QED) is 0.354. The first kappa shape index (κ1) is 24.0. The normalized spacial score (nSPS) is 14.6. The van der Waals surface area contributed by atoms with Crippen molar-refractivity contribution >= 4 is 34.6 Å². The number of thioether (sulfide) groups is 1. The van der Waals surface area contributed by atoms with Crippen molar-refractivity contribution in [1.82, 2.24) is 9.61 Å². The lowest BCUT2D eigenvalue weighted by molar-refractivity contribution is 0.0842. The van der Waals surface area contributed by atoms with Gasteiger partial charge in [0.25, 0.3) is 0 Å². The van der Waals surface area contributed by atoms with E-state index in [9.17, 15) is 4.39 Å². The fraction of sp³-hybridized carbons (Fsp3) is 0.458. The predicted molar refractivity (Wildman–Crippen MR) is 132 cm³/mol. The number of anilines is 1. The van der Waals surface area contributed by atoms with Gasteiger partial charge in [-0.05, 0) is 49.8 Å². The van der Waals surface area contributed by atoms with Gasteiger partial charge >= 0.3 is 0 Å². The van der Waals surface area contributed by atoms with Gasteiger partial charge in [0.15, 0.2) is 0 Å². The summed E-state index contributed by atoms with van der Waals surface area (Å²) in [5.74, 6) is 1.21. The van der Waals surface area contributed by atoms with Crippen molar-refractivity contribution in [3.63, 3.8) is 0 Å². The number of nitrogens with zero attached hydrogens (tertiary/aromatic N) is 3. The highest BCUT2D eigenvalue weighted by molar-refractivity contribution is 7.98. The van der Waals surface area contributed by atoms with Gasteiger partial charge in [0.2, 0.25) is 0 Å². The van der Waals surface area contributed by atoms with Gasteiger partial charge in [0.05, 0.1) is 43.4 Å². The summed E-state index contributed by atoms with van der Waals surface area (Å²) >= 11 is 7.87. The van der Waals surface area contributed by atoms with Gasteiger partial charge in [0, 0.05) is 30.8 Å². The largest absolute Gasteiger partial charge is 0.496 e. The van der Waals surface area contributed by atoms with Crippen molar-refractivity contribution in [3.05, 3.63) is 35.4 Å². The molecule has 6 nitrogen and oxygen atoms in total. The molecular weight excluding hydrogens is 465 g/mol. The Bertz CT molecular complexity index is 1080. The first-order valence-electron chi connectivity index (χ1n) is 11.0. The molecule has 3 heterocycles. The molecule has 0 unspecified atom stereocenters. The highest BCUT2D eigenvalue weighted by Gasteiger charge is 2.28. The molecular formula is C24H29ClFN3O3S. The number of aromatic nitrogens is 2. The number of benzene rings is 1. The van der Waals surface area contributed by atoms with E-state index in [0.717, 1.165) is 53.5 Å². The number of alkyl halides is 1. The van der Waals surface area contributed by atoms with E-state index < -0.39 is 0 Å². The Labute approximate surface area is 202 Å². The van der Waals surface area contributed by atoms with Gasteiger partial charge in [-0.15, -0.1) is 11.8 Å². The van der Waals surface area contributed by atoms with Crippen LogP contribution in [0.15, 0.2) is 35.4 Å². The summed E-state index contributed by atoms with van der Waals surface area (Å²) in [6.45, 7) is 1.72. The van der Waals surface area contributed by atoms with Crippen LogP contribution >= 0.6 is 23.4 Å². The van der Waals surface area contributed by atoms with Crippen LogP contribution in [0, 0.1) is 0 Å². The molecule has 3 aromatic rings. The Morgan fingerprint density at radius 3 is 2.52 bits per heavy atom. The fourth-order valence-corrected chi connectivity index (χ4v) is 5.25. The topological polar surface area (TPSA) is 48.2 Å². The van der Waals surface area contributed by atoms with E-state index in [1.54, 1.807) is 38.1 Å². The van der Waals surface area contributed by atoms with Crippen molar-refractivity contribution in [3.8, 4) is 22.8 Å². The third-order valence-corrected chi connectivity index (χ3v) is 6.85. The minimum absolute atomic E-state index is 0.285. The smallest absolute Gasteiger partial charge is 0.142 e. The van der Waals surface area contributed by atoms with Crippen molar-refractivity contribution in [1.29, 1.82) is 0 Å². The summed E-state index contributed by atoms with van der Waals surface area (Å²) in [5.41, 5.74) is 3.60. The summed E-state index contributed by atoms with van der Waals surface area (Å²) in [6, 6.07) is 9.88. The van der Waals surface area contributed by atoms with E-state index >= 15 is 0 Å². The van der Waals surface area contributed by atoms with Crippen LogP contribution in [0.25, 0.3) is 16.8 Å². The lowest BCUT2D eigenvalue weighted by Crippen LogP contribution is -2.40. The first-order chi connectivity index (χ1) is 16.1. The Morgan fingerprint density at radius 1 is 1.21 bits per heavy atom. The van der Waals surface area contributed by atoms with E-state index in [1.807, 2.05) is 22.9 Å². The van der Waals surface area contributed by atoms with E-state index in [2.05, 4.69) is 11.0 Å². The summed E-state index contributed by atoms with van der Waals surface area (Å²) in [5, 5.41) is 6.41. The molecule has 9 heteroatoms. The minimum Gasteiger partial charge on any atom is -0.496 e. The Balaban J connectivity index is 1.92. The third-order valence-electron chi connectivity index (χ3n) is 5.97. The minimum atomic E-state index is -0.349. The Morgan fingerprint density at radius 2 is 1.91 bits per heavy atom. The zero-order valence-corrected chi connectivity index (χ0v) is 20.7. The van der Waals surface area contributed by atoms with Crippen LogP contribution in [0.2, 0.25) is 5.02 Å². The highest BCUT2D eigenvalue weighted by atomic mass is 35.5. The van der Waals surface area contributed by atoms with Gasteiger partial charge in [-0.2, -0.15) is 5.10 Å². The second-order valence-corrected chi connectivity index (χ2v) is 9.06. The fourth-order valence-electron chi connectivity index (χ4n) is 4.47. The number of rotatable bonds is 9. The molecule has 0 atom stereocenters. The Kier molecular flexibility index (Phi) is 7.88. The van der Waals surface area contributed by atoms with Gasteiger partial charge < -0.3 is 19.1 Å². The molecule has 0 aliphatic carbocycles. The Hall–Kier alpha value is -2.16. The second-order valence-electron chi connectivity index (χ2n) is 7.83. The summed E-state index contributed by atoms with van der Waals surface area (Å²) in [6.07, 6.45) is 4.32. The predicted octanol–water partition coefficient (Wildman–Crippen LogP) is 5.74. The molecule has 1 aliphatic heterocycles. The monoisotopic (exact) mass is 493 g/mol. The number of halogens is 2. The van der Waals surface area contributed by atoms with Crippen LogP contribution in [0.1, 0.15) is 19.3 Å². The van der Waals surface area contributed by atoms with Crippen LogP contribution in [0.3, 0.4) is 0 Å². The second kappa shape index (κ2) is 10.8. The highest BCUT2D eigenvalue weighted by Crippen LogP contribution is 2.43. The molecule has 178 valence electrons. The van der Waals surface area contributed by atoms with Crippen molar-refractivity contribution in [2.45, 2.75) is 30.3 Å². The molecule has 0 bridgehead atoms. The molecule has 1 aliphatic rings.